The molecule has 1 aromatic rings. The van der Waals surface area contributed by atoms with E-state index in [0.717, 1.165) is 5.75 Å². The van der Waals surface area contributed by atoms with Gasteiger partial charge in [0.15, 0.2) is 0 Å². The first kappa shape index (κ1) is 14.3. The van der Waals surface area contributed by atoms with Crippen molar-refractivity contribution >= 4 is 39.6 Å². The van der Waals surface area contributed by atoms with E-state index in [2.05, 4.69) is 20.9 Å². The number of carboxylic acids is 1. The number of aromatic nitrogens is 1. The fourth-order valence-electron chi connectivity index (χ4n) is 1.99. The predicted octanol–water partition coefficient (Wildman–Crippen LogP) is 1.88. The summed E-state index contributed by atoms with van der Waals surface area (Å²) in [5.74, 6) is 0.508. The van der Waals surface area contributed by atoms with Crippen molar-refractivity contribution in [1.29, 1.82) is 0 Å². The minimum atomic E-state index is -0.874. The Bertz CT molecular complexity index is 498. The number of hydrogen-bond acceptors (Lipinski definition) is 4. The maximum Gasteiger partial charge on any atom is 0.305 e. The zero-order valence-corrected chi connectivity index (χ0v) is 12.5. The molecule has 0 saturated carbocycles. The van der Waals surface area contributed by atoms with E-state index < -0.39 is 5.97 Å². The quantitative estimate of drug-likeness (QED) is 0.847. The molecule has 1 atom stereocenters. The van der Waals surface area contributed by atoms with Gasteiger partial charge in [0.1, 0.15) is 4.60 Å². The first-order chi connectivity index (χ1) is 9.08. The van der Waals surface area contributed by atoms with E-state index in [1.807, 2.05) is 0 Å². The molecule has 1 fully saturated rings. The summed E-state index contributed by atoms with van der Waals surface area (Å²) < 4.78 is 0.597. The van der Waals surface area contributed by atoms with Crippen LogP contribution in [0.4, 0.5) is 0 Å². The normalized spacial score (nSPS) is 19.2. The Balaban J connectivity index is 2.17. The molecule has 1 unspecified atom stereocenters. The summed E-state index contributed by atoms with van der Waals surface area (Å²) in [4.78, 5) is 28.9. The van der Waals surface area contributed by atoms with Crippen LogP contribution < -0.4 is 0 Å². The van der Waals surface area contributed by atoms with E-state index in [1.54, 1.807) is 35.0 Å². The number of thioether (sulfide) groups is 1. The maximum atomic E-state index is 12.4. The number of rotatable bonds is 3. The Kier molecular flexibility index (Phi) is 4.81. The van der Waals surface area contributed by atoms with Crippen molar-refractivity contribution in [2.75, 3.05) is 18.1 Å². The minimum absolute atomic E-state index is 0.00894. The lowest BCUT2D eigenvalue weighted by Crippen LogP contribution is -2.47. The van der Waals surface area contributed by atoms with Gasteiger partial charge >= 0.3 is 5.97 Å². The molecule has 1 saturated heterocycles. The molecule has 2 heterocycles. The van der Waals surface area contributed by atoms with Crippen LogP contribution in [0, 0.1) is 0 Å². The number of carboxylic acid groups (broad SMARTS) is 1. The van der Waals surface area contributed by atoms with Crippen LogP contribution >= 0.6 is 27.7 Å². The summed E-state index contributed by atoms with van der Waals surface area (Å²) in [6, 6.07) is 3.06. The van der Waals surface area contributed by atoms with Crippen LogP contribution in [0.1, 0.15) is 16.8 Å². The van der Waals surface area contributed by atoms with Crippen molar-refractivity contribution in [3.8, 4) is 0 Å². The lowest BCUT2D eigenvalue weighted by atomic mass is 10.1. The van der Waals surface area contributed by atoms with Crippen LogP contribution in [0.25, 0.3) is 0 Å². The number of halogens is 1. The average molecular weight is 345 g/mol. The Hall–Kier alpha value is -1.08. The summed E-state index contributed by atoms with van der Waals surface area (Å²) >= 11 is 4.92. The molecule has 19 heavy (non-hydrogen) atoms. The summed E-state index contributed by atoms with van der Waals surface area (Å²) in [5, 5.41) is 8.92. The van der Waals surface area contributed by atoms with Gasteiger partial charge in [-0.25, -0.2) is 4.98 Å². The van der Waals surface area contributed by atoms with Gasteiger partial charge in [0.05, 0.1) is 12.5 Å². The van der Waals surface area contributed by atoms with Crippen molar-refractivity contribution in [1.82, 2.24) is 9.88 Å². The van der Waals surface area contributed by atoms with E-state index in [1.165, 1.54) is 0 Å². The van der Waals surface area contributed by atoms with Crippen molar-refractivity contribution in [2.45, 2.75) is 12.5 Å². The molecule has 1 aliphatic rings. The third-order valence-corrected chi connectivity index (χ3v) is 4.40. The van der Waals surface area contributed by atoms with E-state index in [-0.39, 0.29) is 18.4 Å². The first-order valence-electron chi connectivity index (χ1n) is 5.80. The smallest absolute Gasteiger partial charge is 0.305 e. The Labute approximate surface area is 123 Å². The van der Waals surface area contributed by atoms with Crippen LogP contribution in [-0.2, 0) is 4.79 Å². The summed E-state index contributed by atoms with van der Waals surface area (Å²) in [5.41, 5.74) is 0.532. The molecule has 7 heteroatoms. The lowest BCUT2D eigenvalue weighted by molar-refractivity contribution is -0.138. The van der Waals surface area contributed by atoms with Gasteiger partial charge in [-0.3, -0.25) is 9.59 Å². The highest BCUT2D eigenvalue weighted by Crippen LogP contribution is 2.22. The fourth-order valence-corrected chi connectivity index (χ4v) is 3.42. The molecule has 0 radical (unpaired) electrons. The summed E-state index contributed by atoms with van der Waals surface area (Å²) in [6.07, 6.45) is 1.55. The molecule has 0 aromatic carbocycles. The second-order valence-electron chi connectivity index (χ2n) is 4.19. The largest absolute Gasteiger partial charge is 0.481 e. The molecule has 0 bridgehead atoms. The fraction of sp³-hybridized carbons (Fsp3) is 0.417. The van der Waals surface area contributed by atoms with E-state index in [9.17, 15) is 9.59 Å². The summed E-state index contributed by atoms with van der Waals surface area (Å²) in [7, 11) is 0. The van der Waals surface area contributed by atoms with Crippen molar-refractivity contribution < 1.29 is 14.7 Å². The Morgan fingerprint density at radius 2 is 2.37 bits per heavy atom. The van der Waals surface area contributed by atoms with Gasteiger partial charge in [0.2, 0.25) is 0 Å². The molecular weight excluding hydrogens is 332 g/mol. The average Bonchev–Trinajstić information content (AvgIpc) is 2.38. The van der Waals surface area contributed by atoms with Gasteiger partial charge in [0, 0.05) is 29.8 Å². The van der Waals surface area contributed by atoms with Gasteiger partial charge < -0.3 is 10.0 Å². The molecular formula is C12H13BrN2O3S. The van der Waals surface area contributed by atoms with E-state index >= 15 is 0 Å². The number of pyridine rings is 1. The predicted molar refractivity (Wildman–Crippen MR) is 76.3 cm³/mol. The Morgan fingerprint density at radius 3 is 3.05 bits per heavy atom. The number of carbonyl (C=O) groups excluding carboxylic acids is 1. The van der Waals surface area contributed by atoms with Gasteiger partial charge in [-0.2, -0.15) is 11.8 Å². The number of amides is 1. The highest BCUT2D eigenvalue weighted by molar-refractivity contribution is 9.10. The van der Waals surface area contributed by atoms with Crippen LogP contribution in [-0.4, -0.2) is 51.0 Å². The van der Waals surface area contributed by atoms with Gasteiger partial charge in [-0.1, -0.05) is 0 Å². The van der Waals surface area contributed by atoms with E-state index in [0.29, 0.717) is 22.5 Å². The van der Waals surface area contributed by atoms with Crippen LogP contribution in [0.2, 0.25) is 0 Å². The van der Waals surface area contributed by atoms with Crippen molar-refractivity contribution in [2.24, 2.45) is 0 Å². The molecule has 102 valence electrons. The van der Waals surface area contributed by atoms with Crippen LogP contribution in [0.15, 0.2) is 22.9 Å². The third kappa shape index (κ3) is 3.70. The highest BCUT2D eigenvalue weighted by Gasteiger charge is 2.29. The lowest BCUT2D eigenvalue weighted by Gasteiger charge is -2.34. The second kappa shape index (κ2) is 6.38. The number of nitrogens with zero attached hydrogens (tertiary/aromatic N) is 2. The highest BCUT2D eigenvalue weighted by atomic mass is 79.9. The first-order valence-corrected chi connectivity index (χ1v) is 7.75. The molecule has 2 rings (SSSR count). The van der Waals surface area contributed by atoms with Gasteiger partial charge in [-0.15, -0.1) is 0 Å². The molecule has 5 nitrogen and oxygen atoms in total. The summed E-state index contributed by atoms with van der Waals surface area (Å²) in [6.45, 7) is 0.585. The topological polar surface area (TPSA) is 70.5 Å². The number of aliphatic carboxylic acids is 1. The molecule has 1 N–H and O–H groups in total. The van der Waals surface area contributed by atoms with Gasteiger partial charge in [0.25, 0.3) is 5.91 Å². The second-order valence-corrected chi connectivity index (χ2v) is 6.15. The third-order valence-electron chi connectivity index (χ3n) is 2.87. The number of hydrogen-bond donors (Lipinski definition) is 1. The SMILES string of the molecule is O=C(O)CC1CSCCN1C(=O)c1ccnc(Br)c1. The Morgan fingerprint density at radius 1 is 1.58 bits per heavy atom. The molecule has 0 aliphatic carbocycles. The maximum absolute atomic E-state index is 12.4. The van der Waals surface area contributed by atoms with Crippen molar-refractivity contribution in [3.63, 3.8) is 0 Å². The van der Waals surface area contributed by atoms with Crippen molar-refractivity contribution in [3.05, 3.63) is 28.5 Å². The zero-order valence-electron chi connectivity index (χ0n) is 10.1. The standard InChI is InChI=1S/C12H13BrN2O3S/c13-10-5-8(1-2-14-10)12(18)15-3-4-19-7-9(15)6-11(16)17/h1-2,5,9H,3-4,6-7H2,(H,16,17). The van der Waals surface area contributed by atoms with E-state index in [4.69, 9.17) is 5.11 Å². The molecule has 1 amide bonds. The molecule has 1 aliphatic heterocycles. The molecule has 0 spiro atoms. The molecule has 1 aromatic heterocycles. The number of carbonyl (C=O) groups is 2. The van der Waals surface area contributed by atoms with Crippen LogP contribution in [0.3, 0.4) is 0 Å². The van der Waals surface area contributed by atoms with Crippen LogP contribution in [0.5, 0.6) is 0 Å². The minimum Gasteiger partial charge on any atom is -0.481 e. The monoisotopic (exact) mass is 344 g/mol. The zero-order chi connectivity index (χ0) is 13.8. The van der Waals surface area contributed by atoms with Gasteiger partial charge in [-0.05, 0) is 28.1 Å².